The second kappa shape index (κ2) is 11.5. The van der Waals surface area contributed by atoms with Crippen LogP contribution in [0.25, 0.3) is 0 Å². The van der Waals surface area contributed by atoms with Gasteiger partial charge in [0.25, 0.3) is 5.91 Å². The highest BCUT2D eigenvalue weighted by molar-refractivity contribution is 7.87. The molecule has 38 heavy (non-hydrogen) atoms. The molecular formula is C25H31N5O5S3. The van der Waals surface area contributed by atoms with Gasteiger partial charge in [-0.15, -0.1) is 11.3 Å². The minimum atomic E-state index is -3.95. The number of nitrogens with zero attached hydrogens (tertiary/aromatic N) is 4. The molecule has 0 aromatic carbocycles. The van der Waals surface area contributed by atoms with Crippen LogP contribution < -0.4 is 9.46 Å². The van der Waals surface area contributed by atoms with E-state index in [0.29, 0.717) is 35.0 Å². The van der Waals surface area contributed by atoms with Crippen LogP contribution in [-0.4, -0.2) is 67.2 Å². The first kappa shape index (κ1) is 28.1. The van der Waals surface area contributed by atoms with Gasteiger partial charge in [0.1, 0.15) is 16.5 Å². The fraction of sp³-hybridized carbons (Fsp3) is 0.440. The number of thiazole rings is 1. The summed E-state index contributed by atoms with van der Waals surface area (Å²) in [5, 5.41) is 4.71. The van der Waals surface area contributed by atoms with Gasteiger partial charge in [-0.25, -0.2) is 9.71 Å². The second-order valence-corrected chi connectivity index (χ2v) is 13.3. The number of methoxy groups -OCH3 is 1. The zero-order valence-corrected chi connectivity index (χ0v) is 24.2. The van der Waals surface area contributed by atoms with E-state index in [4.69, 9.17) is 4.74 Å². The van der Waals surface area contributed by atoms with Crippen molar-refractivity contribution in [2.45, 2.75) is 44.6 Å². The smallest absolute Gasteiger partial charge is 0.303 e. The lowest BCUT2D eigenvalue weighted by molar-refractivity contribution is -0.134. The van der Waals surface area contributed by atoms with Gasteiger partial charge in [0.05, 0.1) is 31.0 Å². The number of pyridine rings is 1. The molecule has 0 unspecified atom stereocenters. The first-order chi connectivity index (χ1) is 18.1. The Kier molecular flexibility index (Phi) is 8.50. The van der Waals surface area contributed by atoms with E-state index in [1.165, 1.54) is 31.0 Å². The summed E-state index contributed by atoms with van der Waals surface area (Å²) >= 11 is 2.92. The number of hydrogen-bond donors (Lipinski definition) is 1. The Morgan fingerprint density at radius 3 is 2.55 bits per heavy atom. The first-order valence-electron chi connectivity index (χ1n) is 12.1. The van der Waals surface area contributed by atoms with Crippen molar-refractivity contribution in [2.75, 3.05) is 27.7 Å². The zero-order valence-electron chi connectivity index (χ0n) is 21.8. The fourth-order valence-corrected chi connectivity index (χ4v) is 6.26. The molecule has 4 rings (SSSR count). The van der Waals surface area contributed by atoms with Crippen LogP contribution in [0.3, 0.4) is 0 Å². The highest BCUT2D eigenvalue weighted by Crippen LogP contribution is 2.49. The molecule has 3 aromatic heterocycles. The van der Waals surface area contributed by atoms with E-state index >= 15 is 0 Å². The molecule has 13 heteroatoms. The van der Waals surface area contributed by atoms with Gasteiger partial charge in [0, 0.05) is 25.5 Å². The van der Waals surface area contributed by atoms with Crippen LogP contribution >= 0.6 is 22.7 Å². The third-order valence-corrected chi connectivity index (χ3v) is 9.56. The summed E-state index contributed by atoms with van der Waals surface area (Å²) in [6.45, 7) is 2.45. The number of rotatable bonds is 12. The Morgan fingerprint density at radius 1 is 1.21 bits per heavy atom. The summed E-state index contributed by atoms with van der Waals surface area (Å²) in [6, 6.07) is 5.74. The lowest BCUT2D eigenvalue weighted by Crippen LogP contribution is -2.40. The highest BCUT2D eigenvalue weighted by Gasteiger charge is 2.54. The lowest BCUT2D eigenvalue weighted by Gasteiger charge is -2.26. The van der Waals surface area contributed by atoms with E-state index in [2.05, 4.69) is 21.4 Å². The minimum absolute atomic E-state index is 0.0190. The largest absolute Gasteiger partial charge is 0.495 e. The number of nitrogens with one attached hydrogen (secondary N) is 1. The summed E-state index contributed by atoms with van der Waals surface area (Å²) in [5.74, 6) is -0.186. The summed E-state index contributed by atoms with van der Waals surface area (Å²) in [5.41, 5.74) is 1.31. The molecule has 204 valence electrons. The van der Waals surface area contributed by atoms with Crippen LogP contribution in [0.4, 0.5) is 0 Å². The molecule has 0 saturated heterocycles. The summed E-state index contributed by atoms with van der Waals surface area (Å²) in [7, 11) is 0.289. The van der Waals surface area contributed by atoms with Crippen molar-refractivity contribution in [3.05, 3.63) is 62.0 Å². The van der Waals surface area contributed by atoms with Crippen LogP contribution in [0.5, 0.6) is 5.75 Å². The molecule has 10 nitrogen and oxygen atoms in total. The number of carbonyl (C=O) groups is 2. The van der Waals surface area contributed by atoms with Crippen molar-refractivity contribution in [1.29, 1.82) is 0 Å². The average molecular weight is 578 g/mol. The molecule has 3 aromatic rings. The van der Waals surface area contributed by atoms with E-state index in [1.54, 1.807) is 36.5 Å². The molecule has 1 aliphatic rings. The van der Waals surface area contributed by atoms with Crippen molar-refractivity contribution in [3.63, 3.8) is 0 Å². The monoisotopic (exact) mass is 577 g/mol. The van der Waals surface area contributed by atoms with Gasteiger partial charge in [0.2, 0.25) is 5.91 Å². The normalized spacial score (nSPS) is 14.3. The lowest BCUT2D eigenvalue weighted by atomic mass is 9.99. The maximum Gasteiger partial charge on any atom is 0.303 e. The van der Waals surface area contributed by atoms with Crippen LogP contribution in [0.15, 0.2) is 35.2 Å². The molecule has 0 bridgehead atoms. The van der Waals surface area contributed by atoms with Crippen molar-refractivity contribution >= 4 is 44.7 Å². The first-order valence-corrected chi connectivity index (χ1v) is 15.3. The molecule has 1 aliphatic carbocycles. The van der Waals surface area contributed by atoms with Crippen LogP contribution in [0, 0.1) is 6.92 Å². The van der Waals surface area contributed by atoms with Crippen LogP contribution in [-0.2, 0) is 33.4 Å². The summed E-state index contributed by atoms with van der Waals surface area (Å²) in [4.78, 5) is 37.9. The quantitative estimate of drug-likeness (QED) is 0.351. The number of ether oxygens (including phenoxy) is 1. The Bertz CT molecular complexity index is 1380. The minimum Gasteiger partial charge on any atom is -0.495 e. The Balaban J connectivity index is 1.55. The van der Waals surface area contributed by atoms with Crippen molar-refractivity contribution < 1.29 is 22.7 Å². The third kappa shape index (κ3) is 6.22. The van der Waals surface area contributed by atoms with E-state index in [1.807, 2.05) is 22.2 Å². The Morgan fingerprint density at radius 2 is 1.97 bits per heavy atom. The number of carbonyl (C=O) groups excluding carboxylic acids is 2. The molecule has 0 spiro atoms. The average Bonchev–Trinajstić information content (AvgIpc) is 3.36. The topological polar surface area (TPSA) is 122 Å². The zero-order chi connectivity index (χ0) is 27.5. The van der Waals surface area contributed by atoms with Gasteiger partial charge in [-0.2, -0.15) is 24.1 Å². The predicted molar refractivity (Wildman–Crippen MR) is 147 cm³/mol. The standard InChI is InChI=1S/C25H31N5O5S3/c1-17-22(23(31)28-38(33,34)29(2)3)27-21(37-17)15-30(12-5-6-18-9-13-36-16-18)24(32)25(10-11-25)20-8-7-19(35-4)14-26-20/h7-9,13-14,16H,5-6,10-12,15H2,1-4H3,(H,28,31). The maximum atomic E-state index is 13.9. The number of amides is 2. The summed E-state index contributed by atoms with van der Waals surface area (Å²) < 4.78 is 32.4. The van der Waals surface area contributed by atoms with Crippen LogP contribution in [0.2, 0.25) is 0 Å². The van der Waals surface area contributed by atoms with E-state index in [-0.39, 0.29) is 18.1 Å². The van der Waals surface area contributed by atoms with E-state index in [9.17, 15) is 18.0 Å². The van der Waals surface area contributed by atoms with E-state index < -0.39 is 21.5 Å². The molecular weight excluding hydrogens is 547 g/mol. The molecule has 1 saturated carbocycles. The molecule has 1 N–H and O–H groups in total. The van der Waals surface area contributed by atoms with Crippen molar-refractivity contribution in [3.8, 4) is 5.75 Å². The number of aromatic nitrogens is 2. The number of thiophene rings is 1. The van der Waals surface area contributed by atoms with Gasteiger partial charge < -0.3 is 9.64 Å². The van der Waals surface area contributed by atoms with Crippen molar-refractivity contribution in [2.24, 2.45) is 0 Å². The predicted octanol–water partition coefficient (Wildman–Crippen LogP) is 3.15. The van der Waals surface area contributed by atoms with Crippen molar-refractivity contribution in [1.82, 2.24) is 23.9 Å². The molecule has 0 radical (unpaired) electrons. The van der Waals surface area contributed by atoms with Gasteiger partial charge >= 0.3 is 10.2 Å². The molecule has 0 aliphatic heterocycles. The maximum absolute atomic E-state index is 13.9. The molecule has 3 heterocycles. The van der Waals surface area contributed by atoms with E-state index in [0.717, 1.165) is 22.8 Å². The number of aryl methyl sites for hydroxylation is 2. The summed E-state index contributed by atoms with van der Waals surface area (Å²) in [6.07, 6.45) is 4.65. The Hall–Kier alpha value is -2.87. The SMILES string of the molecule is COc1ccc(C2(C(=O)N(CCCc3ccsc3)Cc3nc(C(=O)NS(=O)(=O)N(C)C)c(C)s3)CC2)nc1. The van der Waals surface area contributed by atoms with Crippen LogP contribution in [0.1, 0.15) is 50.9 Å². The fourth-order valence-electron chi connectivity index (χ4n) is 4.10. The molecule has 1 fully saturated rings. The second-order valence-electron chi connectivity index (χ2n) is 9.36. The highest BCUT2D eigenvalue weighted by atomic mass is 32.2. The molecule has 2 amide bonds. The Labute approximate surface area is 230 Å². The van der Waals surface area contributed by atoms with Gasteiger partial charge in [-0.1, -0.05) is 0 Å². The van der Waals surface area contributed by atoms with Gasteiger partial charge in [0.15, 0.2) is 0 Å². The molecule has 0 atom stereocenters. The van der Waals surface area contributed by atoms with Gasteiger partial charge in [-0.3, -0.25) is 14.6 Å². The van der Waals surface area contributed by atoms with Gasteiger partial charge in [-0.05, 0) is 67.1 Å². The number of hydrogen-bond acceptors (Lipinski definition) is 9. The third-order valence-electron chi connectivity index (χ3n) is 6.47.